The lowest BCUT2D eigenvalue weighted by Crippen LogP contribution is -2.28. The predicted molar refractivity (Wildman–Crippen MR) is 109 cm³/mol. The summed E-state index contributed by atoms with van der Waals surface area (Å²) in [5, 5.41) is 0. The van der Waals surface area contributed by atoms with E-state index in [2.05, 4.69) is 0 Å². The van der Waals surface area contributed by atoms with Gasteiger partial charge in [0.2, 0.25) is 15.8 Å². The van der Waals surface area contributed by atoms with Crippen LogP contribution in [0.3, 0.4) is 0 Å². The molecule has 0 aliphatic carbocycles. The van der Waals surface area contributed by atoms with Crippen molar-refractivity contribution in [2.75, 3.05) is 33.9 Å². The van der Waals surface area contributed by atoms with Gasteiger partial charge in [-0.25, -0.2) is 13.2 Å². The van der Waals surface area contributed by atoms with Crippen LogP contribution in [0.4, 0.5) is 0 Å². The number of ether oxygens (including phenoxy) is 3. The Morgan fingerprint density at radius 1 is 0.967 bits per heavy atom. The third kappa shape index (κ3) is 4.47. The number of carbonyl (C=O) groups is 2. The smallest absolute Gasteiger partial charge is 0.338 e. The molecule has 0 atom stereocenters. The summed E-state index contributed by atoms with van der Waals surface area (Å²) in [4.78, 5) is 24.8. The van der Waals surface area contributed by atoms with Crippen molar-refractivity contribution in [3.05, 3.63) is 53.6 Å². The fourth-order valence-electron chi connectivity index (χ4n) is 3.24. The van der Waals surface area contributed by atoms with E-state index in [1.165, 1.54) is 36.7 Å². The standard InChI is InChI=1S/C21H23NO7S/c1-27-18-8-4-3-7-16(18)17(23)14-29-21(24)15-9-10-19(28-2)20(13-15)30(25,26)22-11-5-6-12-22/h3-4,7-10,13H,5-6,11-12,14H2,1-2H3. The summed E-state index contributed by atoms with van der Waals surface area (Å²) < 4.78 is 42.7. The highest BCUT2D eigenvalue weighted by molar-refractivity contribution is 7.89. The van der Waals surface area contributed by atoms with E-state index in [4.69, 9.17) is 14.2 Å². The van der Waals surface area contributed by atoms with Gasteiger partial charge in [-0.2, -0.15) is 4.31 Å². The van der Waals surface area contributed by atoms with Crippen LogP contribution in [0.1, 0.15) is 33.6 Å². The van der Waals surface area contributed by atoms with E-state index in [9.17, 15) is 18.0 Å². The second kappa shape index (κ2) is 9.27. The van der Waals surface area contributed by atoms with Gasteiger partial charge in [-0.1, -0.05) is 12.1 Å². The Morgan fingerprint density at radius 2 is 1.63 bits per heavy atom. The average Bonchev–Trinajstić information content (AvgIpc) is 3.32. The van der Waals surface area contributed by atoms with E-state index < -0.39 is 28.4 Å². The molecule has 1 saturated heterocycles. The molecule has 0 radical (unpaired) electrons. The maximum absolute atomic E-state index is 12.9. The van der Waals surface area contributed by atoms with Crippen LogP contribution in [0.25, 0.3) is 0 Å². The van der Waals surface area contributed by atoms with E-state index in [0.29, 0.717) is 24.4 Å². The van der Waals surface area contributed by atoms with Gasteiger partial charge in [0.25, 0.3) is 0 Å². The molecule has 1 fully saturated rings. The quantitative estimate of drug-likeness (QED) is 0.466. The summed E-state index contributed by atoms with van der Waals surface area (Å²) in [6.45, 7) is 0.348. The van der Waals surface area contributed by atoms with Crippen molar-refractivity contribution in [3.8, 4) is 11.5 Å². The van der Waals surface area contributed by atoms with Crippen LogP contribution in [0.15, 0.2) is 47.4 Å². The number of para-hydroxylation sites is 1. The highest BCUT2D eigenvalue weighted by Gasteiger charge is 2.31. The molecule has 3 rings (SSSR count). The zero-order valence-electron chi connectivity index (χ0n) is 16.8. The molecule has 8 nitrogen and oxygen atoms in total. The molecule has 0 saturated carbocycles. The van der Waals surface area contributed by atoms with Crippen LogP contribution in [-0.2, 0) is 14.8 Å². The first-order valence-electron chi connectivity index (χ1n) is 9.40. The Kier molecular flexibility index (Phi) is 6.73. The van der Waals surface area contributed by atoms with E-state index >= 15 is 0 Å². The molecule has 9 heteroatoms. The second-order valence-electron chi connectivity index (χ2n) is 6.68. The molecule has 0 unspecified atom stereocenters. The first-order chi connectivity index (χ1) is 14.4. The Balaban J connectivity index is 1.79. The summed E-state index contributed by atoms with van der Waals surface area (Å²) >= 11 is 0. The minimum absolute atomic E-state index is 0.0152. The van der Waals surface area contributed by atoms with Crippen LogP contribution >= 0.6 is 0 Å². The number of rotatable bonds is 8. The lowest BCUT2D eigenvalue weighted by atomic mass is 10.1. The maximum atomic E-state index is 12.9. The monoisotopic (exact) mass is 433 g/mol. The number of Topliss-reactive ketones (excluding diaryl/α,β-unsaturated/α-hetero) is 1. The molecule has 0 aromatic heterocycles. The fourth-order valence-corrected chi connectivity index (χ4v) is 4.94. The highest BCUT2D eigenvalue weighted by atomic mass is 32.2. The van der Waals surface area contributed by atoms with Gasteiger partial charge in [-0.3, -0.25) is 4.79 Å². The number of sulfonamides is 1. The summed E-state index contributed by atoms with van der Waals surface area (Å²) in [5.74, 6) is -0.719. The largest absolute Gasteiger partial charge is 0.496 e. The van der Waals surface area contributed by atoms with Gasteiger partial charge in [0.1, 0.15) is 16.4 Å². The van der Waals surface area contributed by atoms with Gasteiger partial charge in [0.15, 0.2) is 6.61 Å². The zero-order valence-corrected chi connectivity index (χ0v) is 17.6. The van der Waals surface area contributed by atoms with Gasteiger partial charge >= 0.3 is 5.97 Å². The normalized spacial score (nSPS) is 14.3. The van der Waals surface area contributed by atoms with Gasteiger partial charge in [0, 0.05) is 13.1 Å². The molecule has 0 N–H and O–H groups in total. The molecule has 0 amide bonds. The third-order valence-electron chi connectivity index (χ3n) is 4.82. The van der Waals surface area contributed by atoms with Gasteiger partial charge < -0.3 is 14.2 Å². The van der Waals surface area contributed by atoms with Gasteiger partial charge in [0.05, 0.1) is 25.3 Å². The van der Waals surface area contributed by atoms with Crippen molar-refractivity contribution in [3.63, 3.8) is 0 Å². The molecular weight excluding hydrogens is 410 g/mol. The van der Waals surface area contributed by atoms with E-state index in [1.54, 1.807) is 24.3 Å². The average molecular weight is 433 g/mol. The molecule has 1 aliphatic rings. The van der Waals surface area contributed by atoms with Gasteiger partial charge in [-0.05, 0) is 43.2 Å². The van der Waals surface area contributed by atoms with Crippen molar-refractivity contribution in [1.29, 1.82) is 0 Å². The molecule has 160 valence electrons. The van der Waals surface area contributed by atoms with E-state index in [-0.39, 0.29) is 16.2 Å². The number of carbonyl (C=O) groups excluding carboxylic acids is 2. The second-order valence-corrected chi connectivity index (χ2v) is 8.58. The summed E-state index contributed by atoms with van der Waals surface area (Å²) in [6, 6.07) is 10.6. The van der Waals surface area contributed by atoms with Crippen LogP contribution in [0.2, 0.25) is 0 Å². The van der Waals surface area contributed by atoms with Crippen LogP contribution < -0.4 is 9.47 Å². The number of nitrogens with zero attached hydrogens (tertiary/aromatic N) is 1. The predicted octanol–water partition coefficient (Wildman–Crippen LogP) is 2.53. The number of methoxy groups -OCH3 is 2. The fraction of sp³-hybridized carbons (Fsp3) is 0.333. The Bertz CT molecular complexity index is 1040. The van der Waals surface area contributed by atoms with Crippen molar-refractivity contribution in [2.24, 2.45) is 0 Å². The topological polar surface area (TPSA) is 99.2 Å². The molecule has 0 spiro atoms. The lowest BCUT2D eigenvalue weighted by Gasteiger charge is -2.18. The zero-order chi connectivity index (χ0) is 21.7. The lowest BCUT2D eigenvalue weighted by molar-refractivity contribution is 0.0473. The Labute approximate surface area is 175 Å². The molecule has 1 aliphatic heterocycles. The summed E-state index contributed by atoms with van der Waals surface area (Å²) in [6.07, 6.45) is 1.57. The van der Waals surface area contributed by atoms with E-state index in [0.717, 1.165) is 12.8 Å². The van der Waals surface area contributed by atoms with Crippen molar-refractivity contribution in [1.82, 2.24) is 4.31 Å². The number of hydrogen-bond acceptors (Lipinski definition) is 7. The van der Waals surface area contributed by atoms with Crippen LogP contribution in [0.5, 0.6) is 11.5 Å². The number of ketones is 1. The van der Waals surface area contributed by atoms with Gasteiger partial charge in [-0.15, -0.1) is 0 Å². The SMILES string of the molecule is COc1ccccc1C(=O)COC(=O)c1ccc(OC)c(S(=O)(=O)N2CCCC2)c1. The van der Waals surface area contributed by atoms with Crippen molar-refractivity contribution in [2.45, 2.75) is 17.7 Å². The molecule has 0 bridgehead atoms. The minimum Gasteiger partial charge on any atom is -0.496 e. The summed E-state index contributed by atoms with van der Waals surface area (Å²) in [5.41, 5.74) is 0.307. The first kappa shape index (κ1) is 21.8. The number of benzene rings is 2. The number of esters is 1. The van der Waals surface area contributed by atoms with Crippen molar-refractivity contribution >= 4 is 21.8 Å². The minimum atomic E-state index is -3.80. The molecule has 2 aromatic rings. The highest BCUT2D eigenvalue weighted by Crippen LogP contribution is 2.30. The molecular formula is C21H23NO7S. The van der Waals surface area contributed by atoms with Crippen LogP contribution in [0, 0.1) is 0 Å². The first-order valence-corrected chi connectivity index (χ1v) is 10.8. The Hall–Kier alpha value is -2.91. The summed E-state index contributed by atoms with van der Waals surface area (Å²) in [7, 11) is -0.998. The van der Waals surface area contributed by atoms with Crippen molar-refractivity contribution < 1.29 is 32.2 Å². The molecule has 1 heterocycles. The van der Waals surface area contributed by atoms with Crippen LogP contribution in [-0.4, -0.2) is 58.4 Å². The molecule has 30 heavy (non-hydrogen) atoms. The third-order valence-corrected chi connectivity index (χ3v) is 6.74. The Morgan fingerprint density at radius 3 is 2.30 bits per heavy atom. The number of hydrogen-bond donors (Lipinski definition) is 0. The van der Waals surface area contributed by atoms with E-state index in [1.807, 2.05) is 0 Å². The maximum Gasteiger partial charge on any atom is 0.338 e. The molecule has 2 aromatic carbocycles.